The average Bonchev–Trinajstić information content (AvgIpc) is 2.51. The Hall–Kier alpha value is -2.37. The zero-order valence-corrected chi connectivity index (χ0v) is 14.7. The van der Waals surface area contributed by atoms with Crippen molar-refractivity contribution in [1.82, 2.24) is 10.6 Å². The van der Waals surface area contributed by atoms with Gasteiger partial charge in [-0.3, -0.25) is 9.59 Å². The standard InChI is InChI=1S/C18H26N2O4/c1-5-6-14(17(23)24)20-15(21)11-19-16(22)12-7-9-13(10-8-12)18(2,3)4/h7-10,14H,5-6,11H2,1-4H3,(H,19,22)(H,20,21)(H,23,24). The number of hydrogen-bond acceptors (Lipinski definition) is 3. The fourth-order valence-electron chi connectivity index (χ4n) is 2.18. The molecule has 0 aliphatic carbocycles. The van der Waals surface area contributed by atoms with Crippen LogP contribution in [0.25, 0.3) is 0 Å². The van der Waals surface area contributed by atoms with Crippen molar-refractivity contribution in [3.63, 3.8) is 0 Å². The number of carboxylic acids is 1. The van der Waals surface area contributed by atoms with Crippen LogP contribution in [0.15, 0.2) is 24.3 Å². The molecule has 6 heteroatoms. The Morgan fingerprint density at radius 2 is 1.71 bits per heavy atom. The van der Waals surface area contributed by atoms with Gasteiger partial charge in [0.1, 0.15) is 6.04 Å². The molecule has 0 radical (unpaired) electrons. The summed E-state index contributed by atoms with van der Waals surface area (Å²) in [7, 11) is 0. The molecule has 0 aliphatic heterocycles. The van der Waals surface area contributed by atoms with Crippen LogP contribution in [0.4, 0.5) is 0 Å². The van der Waals surface area contributed by atoms with E-state index in [2.05, 4.69) is 31.4 Å². The SMILES string of the molecule is CCCC(NC(=O)CNC(=O)c1ccc(C(C)(C)C)cc1)C(=O)O. The molecule has 6 nitrogen and oxygen atoms in total. The highest BCUT2D eigenvalue weighted by molar-refractivity contribution is 5.96. The van der Waals surface area contributed by atoms with E-state index in [0.29, 0.717) is 18.4 Å². The maximum Gasteiger partial charge on any atom is 0.326 e. The molecule has 1 rings (SSSR count). The lowest BCUT2D eigenvalue weighted by atomic mass is 9.87. The van der Waals surface area contributed by atoms with Crippen molar-refractivity contribution in [3.05, 3.63) is 35.4 Å². The molecular weight excluding hydrogens is 308 g/mol. The van der Waals surface area contributed by atoms with Gasteiger partial charge in [0.25, 0.3) is 5.91 Å². The highest BCUT2D eigenvalue weighted by atomic mass is 16.4. The number of nitrogens with one attached hydrogen (secondary N) is 2. The van der Waals surface area contributed by atoms with Gasteiger partial charge in [-0.05, 0) is 29.5 Å². The minimum Gasteiger partial charge on any atom is -0.480 e. The molecule has 0 fully saturated rings. The van der Waals surface area contributed by atoms with E-state index < -0.39 is 17.9 Å². The van der Waals surface area contributed by atoms with Crippen LogP contribution in [0.5, 0.6) is 0 Å². The molecule has 0 aliphatic rings. The third-order valence-corrected chi connectivity index (χ3v) is 3.63. The number of carboxylic acid groups (broad SMARTS) is 1. The number of benzene rings is 1. The molecule has 3 N–H and O–H groups in total. The lowest BCUT2D eigenvalue weighted by Gasteiger charge is -2.19. The monoisotopic (exact) mass is 334 g/mol. The number of aliphatic carboxylic acids is 1. The summed E-state index contributed by atoms with van der Waals surface area (Å²) in [4.78, 5) is 34.8. The molecule has 132 valence electrons. The Morgan fingerprint density at radius 3 is 2.17 bits per heavy atom. The van der Waals surface area contributed by atoms with Crippen molar-refractivity contribution >= 4 is 17.8 Å². The third kappa shape index (κ3) is 6.02. The number of hydrogen-bond donors (Lipinski definition) is 3. The fourth-order valence-corrected chi connectivity index (χ4v) is 2.18. The number of rotatable bonds is 7. The van der Waals surface area contributed by atoms with E-state index in [0.717, 1.165) is 5.56 Å². The molecule has 0 saturated carbocycles. The number of carbonyl (C=O) groups is 3. The maximum absolute atomic E-state index is 12.0. The van der Waals surface area contributed by atoms with E-state index in [-0.39, 0.29) is 17.9 Å². The molecule has 0 spiro atoms. The zero-order chi connectivity index (χ0) is 18.3. The second-order valence-corrected chi connectivity index (χ2v) is 6.76. The molecule has 0 heterocycles. The summed E-state index contributed by atoms with van der Waals surface area (Å²) in [6, 6.07) is 6.27. The first-order valence-corrected chi connectivity index (χ1v) is 8.06. The molecular formula is C18H26N2O4. The first-order chi connectivity index (χ1) is 11.1. The van der Waals surface area contributed by atoms with Gasteiger partial charge in [-0.15, -0.1) is 0 Å². The fraction of sp³-hybridized carbons (Fsp3) is 0.500. The predicted octanol–water partition coefficient (Wildman–Crippen LogP) is 2.08. The number of carbonyl (C=O) groups excluding carboxylic acids is 2. The summed E-state index contributed by atoms with van der Waals surface area (Å²) in [6.45, 7) is 7.84. The molecule has 1 aromatic rings. The van der Waals surface area contributed by atoms with Gasteiger partial charge in [0.15, 0.2) is 0 Å². The lowest BCUT2D eigenvalue weighted by molar-refractivity contribution is -0.141. The highest BCUT2D eigenvalue weighted by Gasteiger charge is 2.19. The molecule has 0 bridgehead atoms. The summed E-state index contributed by atoms with van der Waals surface area (Å²) in [5.41, 5.74) is 1.57. The van der Waals surface area contributed by atoms with Crippen molar-refractivity contribution < 1.29 is 19.5 Å². The molecule has 0 aromatic heterocycles. The van der Waals surface area contributed by atoms with Crippen LogP contribution in [-0.2, 0) is 15.0 Å². The van der Waals surface area contributed by atoms with Crippen LogP contribution in [0, 0.1) is 0 Å². The van der Waals surface area contributed by atoms with Gasteiger partial charge in [0, 0.05) is 5.56 Å². The van der Waals surface area contributed by atoms with Crippen LogP contribution >= 0.6 is 0 Å². The van der Waals surface area contributed by atoms with Gasteiger partial charge < -0.3 is 15.7 Å². The lowest BCUT2D eigenvalue weighted by Crippen LogP contribution is -2.45. The van der Waals surface area contributed by atoms with Gasteiger partial charge >= 0.3 is 5.97 Å². The average molecular weight is 334 g/mol. The van der Waals surface area contributed by atoms with Crippen molar-refractivity contribution in [2.75, 3.05) is 6.54 Å². The molecule has 24 heavy (non-hydrogen) atoms. The van der Waals surface area contributed by atoms with Crippen molar-refractivity contribution in [2.45, 2.75) is 52.0 Å². The maximum atomic E-state index is 12.0. The highest BCUT2D eigenvalue weighted by Crippen LogP contribution is 2.22. The summed E-state index contributed by atoms with van der Waals surface area (Å²) < 4.78 is 0. The third-order valence-electron chi connectivity index (χ3n) is 3.63. The van der Waals surface area contributed by atoms with Gasteiger partial charge in [0.2, 0.25) is 5.91 Å². The Bertz CT molecular complexity index is 588. The van der Waals surface area contributed by atoms with Crippen LogP contribution in [0.1, 0.15) is 56.5 Å². The van der Waals surface area contributed by atoms with Crippen LogP contribution in [-0.4, -0.2) is 35.5 Å². The smallest absolute Gasteiger partial charge is 0.326 e. The second kappa shape index (κ2) is 8.47. The van der Waals surface area contributed by atoms with E-state index in [4.69, 9.17) is 5.11 Å². The molecule has 1 unspecified atom stereocenters. The minimum absolute atomic E-state index is 0.0000142. The van der Waals surface area contributed by atoms with Crippen LogP contribution in [0.2, 0.25) is 0 Å². The summed E-state index contributed by atoms with van der Waals surface area (Å²) in [6.07, 6.45) is 0.993. The van der Waals surface area contributed by atoms with Gasteiger partial charge in [-0.1, -0.05) is 46.2 Å². The van der Waals surface area contributed by atoms with Gasteiger partial charge in [-0.2, -0.15) is 0 Å². The molecule has 2 amide bonds. The van der Waals surface area contributed by atoms with Gasteiger partial charge in [0.05, 0.1) is 6.54 Å². The summed E-state index contributed by atoms with van der Waals surface area (Å²) >= 11 is 0. The topological polar surface area (TPSA) is 95.5 Å². The van der Waals surface area contributed by atoms with Crippen molar-refractivity contribution in [3.8, 4) is 0 Å². The zero-order valence-electron chi connectivity index (χ0n) is 14.7. The summed E-state index contributed by atoms with van der Waals surface area (Å²) in [5.74, 6) is -1.96. The van der Waals surface area contributed by atoms with E-state index in [1.807, 2.05) is 19.1 Å². The molecule has 1 aromatic carbocycles. The number of amides is 2. The molecule has 0 saturated heterocycles. The Balaban J connectivity index is 2.56. The normalized spacial score (nSPS) is 12.3. The van der Waals surface area contributed by atoms with E-state index in [9.17, 15) is 14.4 Å². The largest absolute Gasteiger partial charge is 0.480 e. The first kappa shape index (κ1) is 19.7. The van der Waals surface area contributed by atoms with Crippen molar-refractivity contribution in [1.29, 1.82) is 0 Å². The minimum atomic E-state index is -1.07. The van der Waals surface area contributed by atoms with E-state index in [1.54, 1.807) is 12.1 Å². The second-order valence-electron chi connectivity index (χ2n) is 6.76. The van der Waals surface area contributed by atoms with Crippen LogP contribution in [0.3, 0.4) is 0 Å². The first-order valence-electron chi connectivity index (χ1n) is 8.06. The van der Waals surface area contributed by atoms with Gasteiger partial charge in [-0.25, -0.2) is 4.79 Å². The Morgan fingerprint density at radius 1 is 1.12 bits per heavy atom. The summed E-state index contributed by atoms with van der Waals surface area (Å²) in [5, 5.41) is 13.9. The Kier molecular flexibility index (Phi) is 6.95. The quantitative estimate of drug-likeness (QED) is 0.711. The Labute approximate surface area is 142 Å². The van der Waals surface area contributed by atoms with E-state index >= 15 is 0 Å². The predicted molar refractivity (Wildman–Crippen MR) is 91.9 cm³/mol. The van der Waals surface area contributed by atoms with Crippen LogP contribution < -0.4 is 10.6 Å². The van der Waals surface area contributed by atoms with E-state index in [1.165, 1.54) is 0 Å². The van der Waals surface area contributed by atoms with Crippen molar-refractivity contribution in [2.24, 2.45) is 0 Å². The molecule has 1 atom stereocenters.